The summed E-state index contributed by atoms with van der Waals surface area (Å²) in [6.45, 7) is 9.79. The van der Waals surface area contributed by atoms with E-state index in [1.165, 1.54) is 62.5 Å². The Morgan fingerprint density at radius 1 is 1.08 bits per heavy atom. The number of hydrogen-bond acceptors (Lipinski definition) is 3. The lowest BCUT2D eigenvalue weighted by Crippen LogP contribution is -2.44. The number of rotatable bonds is 14. The zero-order valence-corrected chi connectivity index (χ0v) is 25.1. The summed E-state index contributed by atoms with van der Waals surface area (Å²) in [7, 11) is 1.94. The molecule has 0 aromatic heterocycles. The Balaban J connectivity index is 1.21. The predicted molar refractivity (Wildman–Crippen MR) is 161 cm³/mol. The number of aliphatic hydroxyl groups is 1. The zero-order chi connectivity index (χ0) is 28.0. The van der Waals surface area contributed by atoms with Crippen molar-refractivity contribution < 1.29 is 15.0 Å². The van der Waals surface area contributed by atoms with Crippen LogP contribution in [0.15, 0.2) is 30.4 Å². The van der Waals surface area contributed by atoms with Gasteiger partial charge in [0.25, 0.3) is 0 Å². The van der Waals surface area contributed by atoms with Gasteiger partial charge in [-0.2, -0.15) is 0 Å². The topological polar surface area (TPSA) is 60.8 Å². The molecular formula is C35H55NO3. The first-order valence-electron chi connectivity index (χ1n) is 16.2. The Bertz CT molecular complexity index is 973. The zero-order valence-electron chi connectivity index (χ0n) is 25.1. The molecule has 4 heteroatoms. The lowest BCUT2D eigenvalue weighted by molar-refractivity contribution is -0.130. The van der Waals surface area contributed by atoms with Crippen LogP contribution in [0.3, 0.4) is 0 Å². The van der Waals surface area contributed by atoms with E-state index in [0.717, 1.165) is 57.1 Å². The molecule has 0 spiro atoms. The molecule has 0 aliphatic heterocycles. The van der Waals surface area contributed by atoms with Crippen molar-refractivity contribution in [3.05, 3.63) is 41.5 Å². The lowest BCUT2D eigenvalue weighted by atomic mass is 9.52. The van der Waals surface area contributed by atoms with E-state index in [2.05, 4.69) is 26.5 Å². The number of benzene rings is 1. The molecular weight excluding hydrogens is 482 g/mol. The first-order valence-corrected chi connectivity index (χ1v) is 16.2. The van der Waals surface area contributed by atoms with E-state index in [4.69, 9.17) is 0 Å². The number of phenolic OH excluding ortho intramolecular Hbond substituents is 1. The highest BCUT2D eigenvalue weighted by molar-refractivity contribution is 5.75. The Hall–Kier alpha value is -1.81. The number of aromatic hydroxyl groups is 1. The van der Waals surface area contributed by atoms with Gasteiger partial charge in [0.15, 0.2) is 0 Å². The molecule has 6 atom stereocenters. The van der Waals surface area contributed by atoms with Crippen molar-refractivity contribution in [2.75, 3.05) is 13.6 Å². The van der Waals surface area contributed by atoms with Crippen molar-refractivity contribution in [1.29, 1.82) is 0 Å². The fourth-order valence-corrected chi connectivity index (χ4v) is 8.44. The molecule has 2 saturated carbocycles. The standard InChI is InChI=1S/C35H55NO3/c1-5-6-21-36(4)33(39)16-14-12-10-8-7-9-11-13-15-26-22-27-23-28(37)17-18-29(27)30-19-20-35(3)25(2)32(38)24-31(35)34(26)30/h17-18,23,26,30-32,34,37-38H,2,5-16,19-22,24H2,1,3-4H3/t26-,30?,31?,32-,34?,35-/m1/s1. The number of phenols is 1. The third kappa shape index (κ3) is 6.92. The van der Waals surface area contributed by atoms with Crippen LogP contribution in [0.2, 0.25) is 0 Å². The van der Waals surface area contributed by atoms with Gasteiger partial charge in [-0.15, -0.1) is 0 Å². The number of nitrogens with zero attached hydrogens (tertiary/aromatic N) is 1. The summed E-state index contributed by atoms with van der Waals surface area (Å²) in [6, 6.07) is 6.07. The van der Waals surface area contributed by atoms with E-state index < -0.39 is 0 Å². The first kappa shape index (κ1) is 30.2. The van der Waals surface area contributed by atoms with Gasteiger partial charge in [0.1, 0.15) is 5.75 Å². The molecule has 3 aliphatic carbocycles. The molecule has 0 heterocycles. The average Bonchev–Trinajstić information content (AvgIpc) is 3.15. The summed E-state index contributed by atoms with van der Waals surface area (Å²) in [5, 5.41) is 21.0. The van der Waals surface area contributed by atoms with Crippen LogP contribution in [0.4, 0.5) is 0 Å². The van der Waals surface area contributed by atoms with E-state index in [-0.39, 0.29) is 11.5 Å². The normalized spacial score (nSPS) is 29.5. The maximum Gasteiger partial charge on any atom is 0.222 e. The Morgan fingerprint density at radius 2 is 1.77 bits per heavy atom. The van der Waals surface area contributed by atoms with Crippen LogP contribution in [0.5, 0.6) is 5.75 Å². The van der Waals surface area contributed by atoms with Gasteiger partial charge in [0.05, 0.1) is 6.10 Å². The quantitative estimate of drug-likeness (QED) is 0.186. The molecule has 1 aromatic carbocycles. The van der Waals surface area contributed by atoms with Gasteiger partial charge in [0, 0.05) is 20.0 Å². The van der Waals surface area contributed by atoms with E-state index >= 15 is 0 Å². The van der Waals surface area contributed by atoms with Crippen LogP contribution in [-0.4, -0.2) is 40.7 Å². The lowest BCUT2D eigenvalue weighted by Gasteiger charge is -2.52. The van der Waals surface area contributed by atoms with Crippen LogP contribution >= 0.6 is 0 Å². The predicted octanol–water partition coefficient (Wildman–Crippen LogP) is 8.16. The molecule has 1 amide bonds. The van der Waals surface area contributed by atoms with Crippen molar-refractivity contribution in [2.24, 2.45) is 23.2 Å². The second-order valence-corrected chi connectivity index (χ2v) is 13.4. The minimum atomic E-state index is -0.347. The van der Waals surface area contributed by atoms with Crippen molar-refractivity contribution in [1.82, 2.24) is 4.90 Å². The molecule has 4 rings (SSSR count). The minimum Gasteiger partial charge on any atom is -0.508 e. The van der Waals surface area contributed by atoms with Gasteiger partial charge in [0.2, 0.25) is 5.91 Å². The summed E-state index contributed by atoms with van der Waals surface area (Å²) < 4.78 is 0. The molecule has 0 radical (unpaired) electrons. The van der Waals surface area contributed by atoms with Crippen molar-refractivity contribution in [2.45, 2.75) is 129 Å². The first-order chi connectivity index (χ1) is 18.8. The molecule has 3 unspecified atom stereocenters. The van der Waals surface area contributed by atoms with Crippen LogP contribution in [0, 0.1) is 23.2 Å². The second kappa shape index (κ2) is 13.7. The van der Waals surface area contributed by atoms with E-state index in [9.17, 15) is 15.0 Å². The summed E-state index contributed by atoms with van der Waals surface area (Å²) >= 11 is 0. The largest absolute Gasteiger partial charge is 0.508 e. The summed E-state index contributed by atoms with van der Waals surface area (Å²) in [5.74, 6) is 3.00. The van der Waals surface area contributed by atoms with E-state index in [0.29, 0.717) is 41.7 Å². The van der Waals surface area contributed by atoms with Gasteiger partial charge in [-0.1, -0.05) is 77.9 Å². The second-order valence-electron chi connectivity index (χ2n) is 13.4. The third-order valence-corrected chi connectivity index (χ3v) is 10.9. The highest BCUT2D eigenvalue weighted by atomic mass is 16.3. The SMILES string of the molecule is C=C1[C@H](O)CC2C3C(CC[C@]12C)c1ccc(O)cc1C[C@H]3CCCCCCCCCCC(=O)N(C)CCCC. The maximum atomic E-state index is 12.2. The molecule has 3 aliphatic rings. The molecule has 218 valence electrons. The summed E-state index contributed by atoms with van der Waals surface area (Å²) in [6.07, 6.45) is 17.9. The van der Waals surface area contributed by atoms with E-state index in [1.807, 2.05) is 24.1 Å². The van der Waals surface area contributed by atoms with Crippen LogP contribution in [-0.2, 0) is 11.2 Å². The van der Waals surface area contributed by atoms with Crippen LogP contribution in [0.1, 0.15) is 127 Å². The van der Waals surface area contributed by atoms with Gasteiger partial charge < -0.3 is 15.1 Å². The fraction of sp³-hybridized carbons (Fsp3) is 0.743. The number of carbonyl (C=O) groups excluding carboxylic acids is 1. The highest BCUT2D eigenvalue weighted by Gasteiger charge is 2.56. The molecule has 1 aromatic rings. The number of unbranched alkanes of at least 4 members (excludes halogenated alkanes) is 8. The average molecular weight is 538 g/mol. The fourth-order valence-electron chi connectivity index (χ4n) is 8.44. The number of carbonyl (C=O) groups is 1. The summed E-state index contributed by atoms with van der Waals surface area (Å²) in [5.41, 5.74) is 3.96. The third-order valence-electron chi connectivity index (χ3n) is 10.9. The molecule has 0 saturated heterocycles. The minimum absolute atomic E-state index is 0.0722. The molecule has 0 bridgehead atoms. The highest BCUT2D eigenvalue weighted by Crippen LogP contribution is 2.64. The van der Waals surface area contributed by atoms with Gasteiger partial charge >= 0.3 is 0 Å². The van der Waals surface area contributed by atoms with Gasteiger partial charge in [-0.05, 0) is 103 Å². The van der Waals surface area contributed by atoms with Gasteiger partial charge in [-0.25, -0.2) is 0 Å². The van der Waals surface area contributed by atoms with Crippen LogP contribution < -0.4 is 0 Å². The number of fused-ring (bicyclic) bond motifs is 5. The Kier molecular flexibility index (Phi) is 10.6. The number of amides is 1. The Labute approximate surface area is 238 Å². The number of hydrogen-bond donors (Lipinski definition) is 2. The molecule has 2 fully saturated rings. The van der Waals surface area contributed by atoms with Gasteiger partial charge in [-0.3, -0.25) is 4.79 Å². The van der Waals surface area contributed by atoms with Crippen molar-refractivity contribution in [3.8, 4) is 5.75 Å². The maximum absolute atomic E-state index is 12.2. The Morgan fingerprint density at radius 3 is 2.49 bits per heavy atom. The van der Waals surface area contributed by atoms with Crippen molar-refractivity contribution in [3.63, 3.8) is 0 Å². The summed E-state index contributed by atoms with van der Waals surface area (Å²) in [4.78, 5) is 14.1. The smallest absolute Gasteiger partial charge is 0.222 e. The van der Waals surface area contributed by atoms with Crippen molar-refractivity contribution >= 4 is 5.91 Å². The molecule has 4 nitrogen and oxygen atoms in total. The van der Waals surface area contributed by atoms with E-state index in [1.54, 1.807) is 0 Å². The molecule has 2 N–H and O–H groups in total. The molecule has 39 heavy (non-hydrogen) atoms. The van der Waals surface area contributed by atoms with Crippen LogP contribution in [0.25, 0.3) is 0 Å². The monoisotopic (exact) mass is 537 g/mol. The number of aliphatic hydroxyl groups excluding tert-OH is 1.